The van der Waals surface area contributed by atoms with E-state index in [1.54, 1.807) is 0 Å². The molecular formula is C6H17BO5. The van der Waals surface area contributed by atoms with Crippen LogP contribution in [0.4, 0.5) is 0 Å². The van der Waals surface area contributed by atoms with E-state index < -0.39 is 13.1 Å². The molecule has 6 heteroatoms. The van der Waals surface area contributed by atoms with Gasteiger partial charge in [0, 0.05) is 5.41 Å². The van der Waals surface area contributed by atoms with Gasteiger partial charge >= 0.3 is 7.69 Å². The molecule has 0 aliphatic carbocycles. The van der Waals surface area contributed by atoms with Crippen molar-refractivity contribution >= 4 is 7.69 Å². The molecule has 0 fully saturated rings. The lowest BCUT2D eigenvalue weighted by Gasteiger charge is -2.24. The summed E-state index contributed by atoms with van der Waals surface area (Å²) in [6, 6.07) is 0. The summed E-state index contributed by atoms with van der Waals surface area (Å²) in [7, 11) is -0.750. The van der Waals surface area contributed by atoms with Crippen LogP contribution in [0.1, 0.15) is 13.3 Å². The fourth-order valence-corrected chi connectivity index (χ4v) is 0.485. The highest BCUT2D eigenvalue weighted by Gasteiger charge is 2.24. The Morgan fingerprint density at radius 3 is 1.25 bits per heavy atom. The molecule has 0 heterocycles. The molecule has 0 rings (SSSR count). The molecule has 0 aromatic carbocycles. The van der Waals surface area contributed by atoms with Crippen molar-refractivity contribution in [3.63, 3.8) is 0 Å². The van der Waals surface area contributed by atoms with Gasteiger partial charge < -0.3 is 25.4 Å². The van der Waals surface area contributed by atoms with Gasteiger partial charge in [-0.1, -0.05) is 6.92 Å². The van der Waals surface area contributed by atoms with Crippen molar-refractivity contribution in [2.75, 3.05) is 19.8 Å². The molecule has 74 valence electrons. The molecule has 12 heavy (non-hydrogen) atoms. The molecule has 0 aromatic heterocycles. The Balaban J connectivity index is 0. The van der Waals surface area contributed by atoms with E-state index in [1.807, 2.05) is 6.92 Å². The first-order valence-corrected chi connectivity index (χ1v) is 3.70. The van der Waals surface area contributed by atoms with Gasteiger partial charge in [0.25, 0.3) is 0 Å². The molecule has 0 saturated heterocycles. The van der Waals surface area contributed by atoms with Crippen LogP contribution in [0, 0.1) is 5.41 Å². The third-order valence-corrected chi connectivity index (χ3v) is 1.76. The topological polar surface area (TPSA) is 101 Å². The molecule has 5 nitrogen and oxygen atoms in total. The number of aliphatic hydroxyl groups is 3. The monoisotopic (exact) mass is 180 g/mol. The molecular weight excluding hydrogens is 163 g/mol. The van der Waals surface area contributed by atoms with Crippen LogP contribution in [-0.2, 0) is 0 Å². The van der Waals surface area contributed by atoms with E-state index in [9.17, 15) is 0 Å². The Bertz CT molecular complexity index is 68.5. The second kappa shape index (κ2) is 8.96. The molecule has 0 aromatic rings. The molecule has 0 spiro atoms. The maximum absolute atomic E-state index is 8.66. The highest BCUT2D eigenvalue weighted by atomic mass is 16.4. The van der Waals surface area contributed by atoms with Crippen molar-refractivity contribution in [2.24, 2.45) is 5.41 Å². The molecule has 0 saturated carbocycles. The van der Waals surface area contributed by atoms with Crippen LogP contribution in [0.2, 0.25) is 0 Å². The Morgan fingerprint density at radius 1 is 1.00 bits per heavy atom. The molecule has 0 aliphatic rings. The summed E-state index contributed by atoms with van der Waals surface area (Å²) >= 11 is 0. The summed E-state index contributed by atoms with van der Waals surface area (Å²) in [5.41, 5.74) is -0.667. The molecule has 0 bridgehead atoms. The lowest BCUT2D eigenvalue weighted by Crippen LogP contribution is -2.32. The quantitative estimate of drug-likeness (QED) is 0.310. The van der Waals surface area contributed by atoms with Gasteiger partial charge in [0.1, 0.15) is 0 Å². The van der Waals surface area contributed by atoms with Gasteiger partial charge in [0.15, 0.2) is 0 Å². The van der Waals surface area contributed by atoms with Crippen LogP contribution < -0.4 is 0 Å². The van der Waals surface area contributed by atoms with E-state index in [0.717, 1.165) is 0 Å². The Morgan fingerprint density at radius 2 is 1.25 bits per heavy atom. The molecule has 5 N–H and O–H groups in total. The first kappa shape index (κ1) is 14.4. The van der Waals surface area contributed by atoms with Gasteiger partial charge in [-0.25, -0.2) is 0 Å². The minimum atomic E-state index is -0.750. The zero-order valence-electron chi connectivity index (χ0n) is 7.27. The summed E-state index contributed by atoms with van der Waals surface area (Å²) in [5.74, 6) is 0. The maximum Gasteiger partial charge on any atom is 0.432 e. The highest BCUT2D eigenvalue weighted by molar-refractivity contribution is 6.13. The average molecular weight is 180 g/mol. The van der Waals surface area contributed by atoms with E-state index in [2.05, 4.69) is 0 Å². The van der Waals surface area contributed by atoms with Crippen molar-refractivity contribution in [1.82, 2.24) is 0 Å². The lowest BCUT2D eigenvalue weighted by molar-refractivity contribution is 0.00304. The van der Waals surface area contributed by atoms with Crippen molar-refractivity contribution in [3.05, 3.63) is 0 Å². The zero-order valence-corrected chi connectivity index (χ0v) is 7.27. The Kier molecular flexibility index (Phi) is 10.7. The fourth-order valence-electron chi connectivity index (χ4n) is 0.485. The van der Waals surface area contributed by atoms with E-state index in [4.69, 9.17) is 25.4 Å². The maximum atomic E-state index is 8.66. The number of rotatable bonds is 4. The summed E-state index contributed by atoms with van der Waals surface area (Å²) in [6.07, 6.45) is 0.594. The number of hydrogen-bond acceptors (Lipinski definition) is 5. The van der Waals surface area contributed by atoms with Gasteiger partial charge in [0.2, 0.25) is 0 Å². The van der Waals surface area contributed by atoms with Crippen molar-refractivity contribution in [2.45, 2.75) is 13.3 Å². The summed E-state index contributed by atoms with van der Waals surface area (Å²) in [5, 5.41) is 40.2. The molecule has 0 atom stereocenters. The molecule has 0 amide bonds. The molecule has 0 unspecified atom stereocenters. The lowest BCUT2D eigenvalue weighted by atomic mass is 9.88. The second-order valence-electron chi connectivity index (χ2n) is 2.47. The third-order valence-electron chi connectivity index (χ3n) is 1.76. The van der Waals surface area contributed by atoms with Crippen molar-refractivity contribution in [3.8, 4) is 0 Å². The van der Waals surface area contributed by atoms with Crippen LogP contribution in [0.25, 0.3) is 0 Å². The van der Waals surface area contributed by atoms with E-state index in [0.29, 0.717) is 6.42 Å². The normalized spacial score (nSPS) is 10.2. The smallest absolute Gasteiger partial charge is 0.430 e. The Labute approximate surface area is 72.6 Å². The average Bonchev–Trinajstić information content (AvgIpc) is 2.11. The molecule has 0 radical (unpaired) electrons. The first-order chi connectivity index (χ1) is 5.66. The van der Waals surface area contributed by atoms with Gasteiger partial charge in [-0.05, 0) is 6.42 Å². The van der Waals surface area contributed by atoms with Crippen LogP contribution in [0.5, 0.6) is 0 Å². The predicted octanol–water partition coefficient (Wildman–Crippen LogP) is -2.40. The SMILES string of the molecule is CCC(CO)(CO)CO.OBO. The first-order valence-electron chi connectivity index (χ1n) is 3.70. The Hall–Kier alpha value is -0.135. The van der Waals surface area contributed by atoms with Crippen LogP contribution >= 0.6 is 0 Å². The van der Waals surface area contributed by atoms with E-state index in [-0.39, 0.29) is 19.8 Å². The van der Waals surface area contributed by atoms with Gasteiger partial charge in [-0.3, -0.25) is 0 Å². The summed E-state index contributed by atoms with van der Waals surface area (Å²) in [6.45, 7) is 1.35. The summed E-state index contributed by atoms with van der Waals surface area (Å²) in [4.78, 5) is 0. The minimum Gasteiger partial charge on any atom is -0.430 e. The zero-order chi connectivity index (χ0) is 10.0. The second-order valence-corrected chi connectivity index (χ2v) is 2.47. The standard InChI is InChI=1S/C6H14O3.BH3O2/c1-2-6(3-7,4-8)5-9;2-1-3/h7-9H,2-5H2,1H3;1-3H. The van der Waals surface area contributed by atoms with Crippen molar-refractivity contribution in [1.29, 1.82) is 0 Å². The van der Waals surface area contributed by atoms with E-state index >= 15 is 0 Å². The predicted molar refractivity (Wildman–Crippen MR) is 45.6 cm³/mol. The number of hydrogen-bond donors (Lipinski definition) is 5. The van der Waals surface area contributed by atoms with Crippen LogP contribution in [-0.4, -0.2) is 52.9 Å². The van der Waals surface area contributed by atoms with Crippen molar-refractivity contribution < 1.29 is 25.4 Å². The number of aliphatic hydroxyl groups excluding tert-OH is 3. The van der Waals surface area contributed by atoms with Gasteiger partial charge in [-0.2, -0.15) is 0 Å². The third kappa shape index (κ3) is 5.51. The summed E-state index contributed by atoms with van der Waals surface area (Å²) < 4.78 is 0. The van der Waals surface area contributed by atoms with Gasteiger partial charge in [-0.15, -0.1) is 0 Å². The van der Waals surface area contributed by atoms with Crippen LogP contribution in [0.3, 0.4) is 0 Å². The highest BCUT2D eigenvalue weighted by Crippen LogP contribution is 2.18. The largest absolute Gasteiger partial charge is 0.432 e. The van der Waals surface area contributed by atoms with E-state index in [1.165, 1.54) is 0 Å². The molecule has 0 aliphatic heterocycles. The van der Waals surface area contributed by atoms with Gasteiger partial charge in [0.05, 0.1) is 19.8 Å². The minimum absolute atomic E-state index is 0.156. The van der Waals surface area contributed by atoms with Crippen LogP contribution in [0.15, 0.2) is 0 Å². The fraction of sp³-hybridized carbons (Fsp3) is 1.00.